The first-order valence-electron chi connectivity index (χ1n) is 10.7. The summed E-state index contributed by atoms with van der Waals surface area (Å²) in [7, 11) is 0. The number of oxazole rings is 1. The zero-order valence-corrected chi connectivity index (χ0v) is 21.2. The molecule has 0 aromatic carbocycles. The van der Waals surface area contributed by atoms with Crippen LogP contribution in [0.15, 0.2) is 9.57 Å². The Labute approximate surface area is 209 Å². The maximum atomic E-state index is 12.0. The highest BCUT2D eigenvalue weighted by Crippen LogP contribution is 2.32. The van der Waals surface area contributed by atoms with Gasteiger partial charge >= 0.3 is 23.9 Å². The number of thioether (sulfide) groups is 1. The number of aromatic nitrogens is 3. The standard InChI is InChI=1S/C21H26N4O10S/c1-8-22-14-18(24-21(36-6)25-19(14)31-8)23-20-17(34-12(5)29)16(33-11(4)28)15(32-10(3)27)13(35-20)7-30-9(2)26/h13,15-17,20H,7H2,1-6H3,(H,23,24,25)/t13-,15-,16+,17-,20-/m1/s1. The molecule has 0 aliphatic carbocycles. The summed E-state index contributed by atoms with van der Waals surface area (Å²) in [5.74, 6) is -2.27. The molecule has 3 heterocycles. The van der Waals surface area contributed by atoms with E-state index >= 15 is 0 Å². The van der Waals surface area contributed by atoms with Crippen molar-refractivity contribution in [2.75, 3.05) is 18.2 Å². The summed E-state index contributed by atoms with van der Waals surface area (Å²) >= 11 is 1.25. The van der Waals surface area contributed by atoms with Gasteiger partial charge in [0.2, 0.25) is 0 Å². The lowest BCUT2D eigenvalue weighted by atomic mass is 9.97. The molecule has 0 saturated carbocycles. The predicted octanol–water partition coefficient (Wildman–Crippen LogP) is 1.14. The first-order chi connectivity index (χ1) is 17.0. The minimum absolute atomic E-state index is 0.182. The Morgan fingerprint density at radius 3 is 2.08 bits per heavy atom. The number of esters is 4. The first-order valence-corrected chi connectivity index (χ1v) is 12.0. The second kappa shape index (κ2) is 11.5. The number of carbonyl (C=O) groups excluding carboxylic acids is 4. The number of hydrogen-bond donors (Lipinski definition) is 1. The molecule has 1 fully saturated rings. The second-order valence-corrected chi connectivity index (χ2v) is 8.48. The zero-order chi connectivity index (χ0) is 26.6. The van der Waals surface area contributed by atoms with Crippen molar-refractivity contribution in [2.45, 2.75) is 70.4 Å². The fourth-order valence-corrected chi connectivity index (χ4v) is 3.93. The number of anilines is 1. The largest absolute Gasteiger partial charge is 0.463 e. The molecule has 15 heteroatoms. The van der Waals surface area contributed by atoms with E-state index in [2.05, 4.69) is 20.3 Å². The number of hydrogen-bond acceptors (Lipinski definition) is 15. The third-order valence-corrected chi connectivity index (χ3v) is 5.35. The molecule has 5 atom stereocenters. The third-order valence-electron chi connectivity index (χ3n) is 4.80. The van der Waals surface area contributed by atoms with Gasteiger partial charge in [0.25, 0.3) is 5.71 Å². The number of carbonyl (C=O) groups is 4. The van der Waals surface area contributed by atoms with Crippen molar-refractivity contribution >= 4 is 52.7 Å². The maximum absolute atomic E-state index is 12.0. The van der Waals surface area contributed by atoms with Crippen molar-refractivity contribution in [2.24, 2.45) is 0 Å². The molecular formula is C21H26N4O10S. The Hall–Kier alpha value is -3.46. The summed E-state index contributed by atoms with van der Waals surface area (Å²) in [6, 6.07) is 0. The molecule has 1 aliphatic rings. The first kappa shape index (κ1) is 27.1. The molecule has 0 bridgehead atoms. The Balaban J connectivity index is 2.07. The molecule has 0 spiro atoms. The molecule has 0 amide bonds. The van der Waals surface area contributed by atoms with Gasteiger partial charge in [-0.05, 0) is 6.26 Å². The van der Waals surface area contributed by atoms with E-state index in [1.54, 1.807) is 13.2 Å². The van der Waals surface area contributed by atoms with E-state index in [-0.39, 0.29) is 23.7 Å². The van der Waals surface area contributed by atoms with Crippen molar-refractivity contribution in [1.82, 2.24) is 15.0 Å². The van der Waals surface area contributed by atoms with Crippen molar-refractivity contribution in [3.8, 4) is 0 Å². The van der Waals surface area contributed by atoms with Crippen molar-refractivity contribution in [3.05, 3.63) is 5.89 Å². The van der Waals surface area contributed by atoms with Gasteiger partial charge in [-0.2, -0.15) is 4.98 Å². The van der Waals surface area contributed by atoms with Gasteiger partial charge in [0.15, 0.2) is 46.9 Å². The van der Waals surface area contributed by atoms with E-state index in [9.17, 15) is 19.2 Å². The van der Waals surface area contributed by atoms with Gasteiger partial charge in [-0.15, -0.1) is 0 Å². The van der Waals surface area contributed by atoms with Crippen molar-refractivity contribution in [1.29, 1.82) is 0 Å². The van der Waals surface area contributed by atoms with Crippen LogP contribution in [0.2, 0.25) is 0 Å². The maximum Gasteiger partial charge on any atom is 0.303 e. The highest BCUT2D eigenvalue weighted by molar-refractivity contribution is 7.98. The molecule has 36 heavy (non-hydrogen) atoms. The molecule has 0 radical (unpaired) electrons. The number of nitrogens with zero attached hydrogens (tertiary/aromatic N) is 3. The molecule has 2 aromatic heterocycles. The highest BCUT2D eigenvalue weighted by Gasteiger charge is 2.52. The minimum atomic E-state index is -1.32. The second-order valence-electron chi connectivity index (χ2n) is 7.71. The molecule has 1 aliphatic heterocycles. The monoisotopic (exact) mass is 526 g/mol. The van der Waals surface area contributed by atoms with Crippen LogP contribution in [0.5, 0.6) is 0 Å². The smallest absolute Gasteiger partial charge is 0.303 e. The van der Waals surface area contributed by atoms with Crippen LogP contribution in [0.25, 0.3) is 11.2 Å². The lowest BCUT2D eigenvalue weighted by Crippen LogP contribution is -2.64. The average Bonchev–Trinajstić information content (AvgIpc) is 3.15. The van der Waals surface area contributed by atoms with E-state index < -0.39 is 54.5 Å². The number of ether oxygens (including phenoxy) is 5. The fourth-order valence-electron chi connectivity index (χ4n) is 3.58. The van der Waals surface area contributed by atoms with E-state index in [0.717, 1.165) is 20.8 Å². The SMILES string of the molecule is CSc1nc(N[C@@H]2O[C@H](COC(C)=O)[C@@H](OC(C)=O)[C@H](OC(C)=O)[C@H]2OC(C)=O)c2nc(C)oc2n1. The molecule has 3 rings (SSSR count). The van der Waals surface area contributed by atoms with Gasteiger partial charge in [0.05, 0.1) is 0 Å². The van der Waals surface area contributed by atoms with Crippen LogP contribution in [0.3, 0.4) is 0 Å². The quantitative estimate of drug-likeness (QED) is 0.224. The van der Waals surface area contributed by atoms with Gasteiger partial charge in [-0.25, -0.2) is 9.97 Å². The normalized spacial score (nSPS) is 23.6. The van der Waals surface area contributed by atoms with Crippen LogP contribution in [-0.4, -0.2) is 82.3 Å². The number of aryl methyl sites for hydroxylation is 1. The van der Waals surface area contributed by atoms with E-state index in [0.29, 0.717) is 11.0 Å². The summed E-state index contributed by atoms with van der Waals surface area (Å²) in [5.41, 5.74) is 0.484. The molecule has 0 unspecified atom stereocenters. The fraction of sp³-hybridized carbons (Fsp3) is 0.571. The highest BCUT2D eigenvalue weighted by atomic mass is 32.2. The molecular weight excluding hydrogens is 500 g/mol. The number of nitrogens with one attached hydrogen (secondary N) is 1. The van der Waals surface area contributed by atoms with Crippen LogP contribution in [-0.2, 0) is 42.9 Å². The lowest BCUT2D eigenvalue weighted by molar-refractivity contribution is -0.247. The molecule has 196 valence electrons. The van der Waals surface area contributed by atoms with Crippen molar-refractivity contribution < 1.29 is 47.3 Å². The van der Waals surface area contributed by atoms with E-state index in [1.807, 2.05) is 0 Å². The molecule has 14 nitrogen and oxygen atoms in total. The summed E-state index contributed by atoms with van der Waals surface area (Å²) < 4.78 is 32.9. The summed E-state index contributed by atoms with van der Waals surface area (Å²) in [5, 5.41) is 3.36. The van der Waals surface area contributed by atoms with Crippen LogP contribution in [0.1, 0.15) is 33.6 Å². The topological polar surface area (TPSA) is 178 Å². The van der Waals surface area contributed by atoms with Gasteiger partial charge < -0.3 is 33.4 Å². The minimum Gasteiger partial charge on any atom is -0.463 e. The van der Waals surface area contributed by atoms with Gasteiger partial charge in [0, 0.05) is 34.6 Å². The summed E-state index contributed by atoms with van der Waals surface area (Å²) in [6.07, 6.45) is -4.45. The molecule has 1 saturated heterocycles. The van der Waals surface area contributed by atoms with Gasteiger partial charge in [-0.1, -0.05) is 11.8 Å². The molecule has 2 aromatic rings. The number of fused-ring (bicyclic) bond motifs is 1. The van der Waals surface area contributed by atoms with Crippen LogP contribution < -0.4 is 5.32 Å². The Morgan fingerprint density at radius 2 is 1.50 bits per heavy atom. The van der Waals surface area contributed by atoms with Gasteiger partial charge in [-0.3, -0.25) is 19.2 Å². The zero-order valence-electron chi connectivity index (χ0n) is 20.4. The number of rotatable bonds is 8. The van der Waals surface area contributed by atoms with E-state index in [1.165, 1.54) is 18.7 Å². The van der Waals surface area contributed by atoms with Crippen LogP contribution >= 0.6 is 11.8 Å². The summed E-state index contributed by atoms with van der Waals surface area (Å²) in [4.78, 5) is 60.3. The Morgan fingerprint density at radius 1 is 0.889 bits per heavy atom. The predicted molar refractivity (Wildman–Crippen MR) is 122 cm³/mol. The summed E-state index contributed by atoms with van der Waals surface area (Å²) in [6.45, 7) is 5.92. The van der Waals surface area contributed by atoms with Crippen LogP contribution in [0.4, 0.5) is 5.82 Å². The Kier molecular flexibility index (Phi) is 8.68. The third kappa shape index (κ3) is 6.60. The Bertz CT molecular complexity index is 1160. The average molecular weight is 527 g/mol. The van der Waals surface area contributed by atoms with Crippen molar-refractivity contribution in [3.63, 3.8) is 0 Å². The van der Waals surface area contributed by atoms with E-state index in [4.69, 9.17) is 28.1 Å². The van der Waals surface area contributed by atoms with Crippen LogP contribution in [0, 0.1) is 6.92 Å². The molecule has 1 N–H and O–H groups in total. The van der Waals surface area contributed by atoms with Gasteiger partial charge in [0.1, 0.15) is 12.7 Å². The lowest BCUT2D eigenvalue weighted by Gasteiger charge is -2.44.